The van der Waals surface area contributed by atoms with Gasteiger partial charge in [0, 0.05) is 59.9 Å². The number of pyridine rings is 4. The number of fused-ring (bicyclic) bond motifs is 6. The molecule has 6 heteroatoms. The molecule has 0 aliphatic heterocycles. The topological polar surface area (TPSA) is 64.7 Å². The summed E-state index contributed by atoms with van der Waals surface area (Å²) < 4.78 is 6.61. The normalized spacial score (nSPS) is 11.5. The Morgan fingerprint density at radius 2 is 1.22 bits per heavy atom. The number of furan rings is 1. The van der Waals surface area contributed by atoms with E-state index in [9.17, 15) is 0 Å². The molecule has 5 aromatic carbocycles. The van der Waals surface area contributed by atoms with Crippen molar-refractivity contribution in [1.29, 1.82) is 0 Å². The fourth-order valence-electron chi connectivity index (χ4n) is 8.42. The van der Waals surface area contributed by atoms with Crippen LogP contribution < -0.4 is 0 Å². The van der Waals surface area contributed by atoms with Gasteiger partial charge in [-0.25, -0.2) is 9.97 Å². The quantitative estimate of drug-likeness (QED) is 0.164. The molecule has 315 valence electrons. The van der Waals surface area contributed by atoms with Crippen LogP contribution in [0.5, 0.6) is 0 Å². The van der Waals surface area contributed by atoms with Crippen LogP contribution in [-0.2, 0) is 25.5 Å². The Morgan fingerprint density at radius 1 is 0.540 bits per heavy atom. The predicted molar refractivity (Wildman–Crippen MR) is 258 cm³/mol. The summed E-state index contributed by atoms with van der Waals surface area (Å²) in [6.07, 6.45) is 3.83. The molecule has 63 heavy (non-hydrogen) atoms. The fraction of sp³-hybridized carbons (Fsp3) is 0.193. The van der Waals surface area contributed by atoms with Gasteiger partial charge in [0.2, 0.25) is 0 Å². The minimum Gasteiger partial charge on any atom is -0.498 e. The zero-order valence-corrected chi connectivity index (χ0v) is 40.0. The maximum atomic E-state index is 6.61. The second-order valence-corrected chi connectivity index (χ2v) is 17.8. The summed E-state index contributed by atoms with van der Waals surface area (Å²) in [7, 11) is 0. The van der Waals surface area contributed by atoms with Crippen molar-refractivity contribution in [2.75, 3.05) is 0 Å². The Kier molecular flexibility index (Phi) is 11.8. The molecule has 5 aromatic heterocycles. The predicted octanol–water partition coefficient (Wildman–Crippen LogP) is 14.9. The van der Waals surface area contributed by atoms with E-state index in [1.165, 1.54) is 44.5 Å². The number of hydrogen-bond donors (Lipinski definition) is 0. The number of aryl methyl sites for hydroxylation is 7. The molecule has 0 aliphatic rings. The number of hydrogen-bond acceptors (Lipinski definition) is 5. The molecule has 0 saturated carbocycles. The van der Waals surface area contributed by atoms with Crippen LogP contribution in [0, 0.1) is 60.6 Å². The van der Waals surface area contributed by atoms with E-state index in [0.717, 1.165) is 88.8 Å². The van der Waals surface area contributed by atoms with Gasteiger partial charge in [-0.15, -0.1) is 53.6 Å². The molecular weight excluding hydrogens is 949 g/mol. The summed E-state index contributed by atoms with van der Waals surface area (Å²) in [6, 6.07) is 44.9. The van der Waals surface area contributed by atoms with Crippen molar-refractivity contribution in [3.05, 3.63) is 178 Å². The van der Waals surface area contributed by atoms with E-state index in [2.05, 4.69) is 151 Å². The molecule has 0 atom stereocenters. The van der Waals surface area contributed by atoms with Gasteiger partial charge in [0.15, 0.2) is 0 Å². The first kappa shape index (κ1) is 43.3. The standard InChI is InChI=1S/C44H38N3O.C13H12N.Ir/c1-24-20-38-30(15-17-37(47-38)40-25(2)18-31(19-26(40)3)44(6,7)8)21-35(24)36-22-39(45-23-27(36)4)34-11-9-10-32-33-16-14-29-13-12-28(5)46-41(29)43(33)48-42(32)34;1-10-3-6-12(7-4-10)13-8-5-11(2)9-14-13;/h9-10,12-23H,1-8H3;3-6,8-9H,1-2H3;/q2*-1;. The average molecular weight is 999 g/mol. The summed E-state index contributed by atoms with van der Waals surface area (Å²) in [5, 5.41) is 4.26. The third-order valence-corrected chi connectivity index (χ3v) is 11.9. The van der Waals surface area contributed by atoms with Gasteiger partial charge < -0.3 is 14.4 Å². The van der Waals surface area contributed by atoms with E-state index in [0.29, 0.717) is 0 Å². The van der Waals surface area contributed by atoms with Crippen molar-refractivity contribution in [2.45, 2.75) is 74.7 Å². The number of aromatic nitrogens is 4. The van der Waals surface area contributed by atoms with Gasteiger partial charge in [-0.05, 0) is 127 Å². The van der Waals surface area contributed by atoms with Crippen molar-refractivity contribution in [1.82, 2.24) is 19.9 Å². The Morgan fingerprint density at radius 3 is 1.94 bits per heavy atom. The Labute approximate surface area is 384 Å². The summed E-state index contributed by atoms with van der Waals surface area (Å²) in [4.78, 5) is 19.2. The van der Waals surface area contributed by atoms with Crippen LogP contribution in [0.2, 0.25) is 0 Å². The summed E-state index contributed by atoms with van der Waals surface area (Å²) >= 11 is 0. The Hall–Kier alpha value is -6.33. The molecule has 0 unspecified atom stereocenters. The molecule has 5 nitrogen and oxygen atoms in total. The van der Waals surface area contributed by atoms with Gasteiger partial charge in [-0.1, -0.05) is 93.2 Å². The maximum Gasteiger partial charge on any atom is 0.147 e. The number of nitrogens with zero attached hydrogens (tertiary/aromatic N) is 4. The number of benzene rings is 5. The van der Waals surface area contributed by atoms with Crippen molar-refractivity contribution in [2.24, 2.45) is 0 Å². The van der Waals surface area contributed by atoms with Gasteiger partial charge in [-0.3, -0.25) is 0 Å². The van der Waals surface area contributed by atoms with Gasteiger partial charge in [0.25, 0.3) is 0 Å². The van der Waals surface area contributed by atoms with Gasteiger partial charge in [0.1, 0.15) is 11.1 Å². The van der Waals surface area contributed by atoms with Gasteiger partial charge in [-0.2, -0.15) is 0 Å². The smallest absolute Gasteiger partial charge is 0.147 e. The van der Waals surface area contributed by atoms with E-state index in [1.807, 2.05) is 56.6 Å². The zero-order chi connectivity index (χ0) is 43.4. The monoisotopic (exact) mass is 999 g/mol. The molecule has 0 bridgehead atoms. The van der Waals surface area contributed by atoms with Gasteiger partial charge >= 0.3 is 0 Å². The van der Waals surface area contributed by atoms with E-state index in [1.54, 1.807) is 0 Å². The maximum absolute atomic E-state index is 6.61. The summed E-state index contributed by atoms with van der Waals surface area (Å²) in [5.41, 5.74) is 21.3. The third-order valence-electron chi connectivity index (χ3n) is 11.9. The second kappa shape index (κ2) is 17.1. The average Bonchev–Trinajstić information content (AvgIpc) is 3.64. The number of rotatable bonds is 4. The summed E-state index contributed by atoms with van der Waals surface area (Å²) in [5.74, 6) is 0. The molecule has 10 aromatic rings. The molecule has 0 saturated heterocycles. The zero-order valence-electron chi connectivity index (χ0n) is 37.6. The van der Waals surface area contributed by atoms with Crippen LogP contribution in [0.1, 0.15) is 65.4 Å². The van der Waals surface area contributed by atoms with Crippen LogP contribution in [0.3, 0.4) is 0 Å². The first-order valence-corrected chi connectivity index (χ1v) is 21.3. The Bertz CT molecular complexity index is 3270. The molecule has 10 rings (SSSR count). The van der Waals surface area contributed by atoms with E-state index in [-0.39, 0.29) is 25.5 Å². The Balaban J connectivity index is 0.000000309. The van der Waals surface area contributed by atoms with Gasteiger partial charge in [0.05, 0.1) is 16.8 Å². The largest absolute Gasteiger partial charge is 0.498 e. The molecule has 0 N–H and O–H groups in total. The second-order valence-electron chi connectivity index (χ2n) is 17.8. The molecule has 0 fully saturated rings. The van der Waals surface area contributed by atoms with Crippen LogP contribution in [0.4, 0.5) is 0 Å². The molecular formula is C57H50IrN4O-2. The minimum absolute atomic E-state index is 0. The first-order valence-electron chi connectivity index (χ1n) is 21.3. The van der Waals surface area contributed by atoms with E-state index in [4.69, 9.17) is 19.4 Å². The first-order chi connectivity index (χ1) is 29.7. The molecule has 0 amide bonds. The molecule has 5 heterocycles. The van der Waals surface area contributed by atoms with Crippen LogP contribution >= 0.6 is 0 Å². The van der Waals surface area contributed by atoms with Crippen LogP contribution in [0.25, 0.3) is 88.6 Å². The van der Waals surface area contributed by atoms with Crippen molar-refractivity contribution < 1.29 is 24.5 Å². The van der Waals surface area contributed by atoms with E-state index >= 15 is 0 Å². The van der Waals surface area contributed by atoms with Crippen molar-refractivity contribution in [3.63, 3.8) is 0 Å². The van der Waals surface area contributed by atoms with Crippen LogP contribution in [-0.4, -0.2) is 19.9 Å². The third kappa shape index (κ3) is 8.46. The minimum atomic E-state index is 0. The molecule has 0 aliphatic carbocycles. The van der Waals surface area contributed by atoms with Crippen molar-refractivity contribution in [3.8, 4) is 44.9 Å². The van der Waals surface area contributed by atoms with Crippen molar-refractivity contribution >= 4 is 43.7 Å². The molecule has 1 radical (unpaired) electrons. The van der Waals surface area contributed by atoms with E-state index < -0.39 is 0 Å². The molecule has 0 spiro atoms. The fourth-order valence-corrected chi connectivity index (χ4v) is 8.42. The SMILES string of the molecule is Cc1c[c-]c(-c2ccc(C)cn2)cc1.Cc1ccc2ccc3c4cc[c-]c(-c5cc(-c6cc7ccc(-c8c(C)cc(C(C)(C)C)cc8C)nc7cc6C)c(C)cn5)c4oc3c2n1.[Ir]. The summed E-state index contributed by atoms with van der Waals surface area (Å²) in [6.45, 7) is 21.6. The van der Waals surface area contributed by atoms with Crippen LogP contribution in [0.15, 0.2) is 126 Å².